The average molecular weight is 286 g/mol. The molecule has 1 spiro atoms. The minimum atomic E-state index is -0.419. The van der Waals surface area contributed by atoms with Crippen LogP contribution in [0.5, 0.6) is 0 Å². The summed E-state index contributed by atoms with van der Waals surface area (Å²) in [5.74, 6) is 0.912. The van der Waals surface area contributed by atoms with Crippen LogP contribution in [0.4, 0.5) is 0 Å². The highest BCUT2D eigenvalue weighted by Crippen LogP contribution is 2.58. The Morgan fingerprint density at radius 3 is 3.19 bits per heavy atom. The maximum Gasteiger partial charge on any atom is 0.274 e. The van der Waals surface area contributed by atoms with Gasteiger partial charge in [-0.15, -0.1) is 0 Å². The lowest BCUT2D eigenvalue weighted by Gasteiger charge is -2.37. The molecule has 110 valence electrons. The number of methoxy groups -OCH3 is 1. The molecule has 2 aliphatic heterocycles. The van der Waals surface area contributed by atoms with Crippen LogP contribution < -0.4 is 0 Å². The zero-order valence-electron chi connectivity index (χ0n) is 12.4. The summed E-state index contributed by atoms with van der Waals surface area (Å²) < 4.78 is 11.8. The molecule has 0 saturated carbocycles. The van der Waals surface area contributed by atoms with Crippen molar-refractivity contribution >= 4 is 5.71 Å². The Morgan fingerprint density at radius 1 is 1.52 bits per heavy atom. The first-order chi connectivity index (χ1) is 10.1. The van der Waals surface area contributed by atoms with E-state index in [0.717, 1.165) is 30.0 Å². The molecular formula is C17H20NO3+. The van der Waals surface area contributed by atoms with Crippen molar-refractivity contribution in [3.05, 3.63) is 35.8 Å². The van der Waals surface area contributed by atoms with Gasteiger partial charge in [-0.25, -0.2) is 0 Å². The van der Waals surface area contributed by atoms with Gasteiger partial charge in [0.2, 0.25) is 0 Å². The first-order valence-electron chi connectivity index (χ1n) is 7.58. The van der Waals surface area contributed by atoms with Gasteiger partial charge in [0.1, 0.15) is 12.0 Å². The van der Waals surface area contributed by atoms with E-state index in [1.807, 2.05) is 12.2 Å². The predicted molar refractivity (Wildman–Crippen MR) is 78.5 cm³/mol. The number of aliphatic hydroxyl groups excluding tert-OH is 1. The highest BCUT2D eigenvalue weighted by Gasteiger charge is 2.64. The van der Waals surface area contributed by atoms with Crippen LogP contribution in [-0.4, -0.2) is 36.2 Å². The van der Waals surface area contributed by atoms with Crippen molar-refractivity contribution in [2.75, 3.05) is 7.11 Å². The first kappa shape index (κ1) is 13.2. The molecule has 0 bridgehead atoms. The average Bonchev–Trinajstić information content (AvgIpc) is 2.72. The van der Waals surface area contributed by atoms with E-state index in [4.69, 9.17) is 14.5 Å². The fourth-order valence-corrected chi connectivity index (χ4v) is 4.25. The standard InChI is InChI=1S/C17H20NO3/c1-10-5-7-17-8-6-11(19)9-14(17)21-16-13(20-2)4-3-12(18-10)15(16)17/h3,6,8,11,14-16,19H,5,7,9H2,1-2H3/q+1/t11-,14-,15?,16?,17+/m1/s1. The van der Waals surface area contributed by atoms with Crippen LogP contribution in [0.25, 0.3) is 0 Å². The molecular weight excluding hydrogens is 266 g/mol. The number of hydrogen-bond donors (Lipinski definition) is 1. The van der Waals surface area contributed by atoms with Crippen molar-refractivity contribution in [3.8, 4) is 0 Å². The zero-order chi connectivity index (χ0) is 14.6. The van der Waals surface area contributed by atoms with Gasteiger partial charge >= 0.3 is 0 Å². The Morgan fingerprint density at radius 2 is 2.38 bits per heavy atom. The van der Waals surface area contributed by atoms with Crippen molar-refractivity contribution in [1.82, 2.24) is 0 Å². The SMILES string of the molecule is COC1=[C+]C=C2N=C(C)CC[C@]34C=C[C@@H](O)C[C@H]3OC1C24. The van der Waals surface area contributed by atoms with Gasteiger partial charge in [-0.05, 0) is 19.8 Å². The Balaban J connectivity index is 1.86. The van der Waals surface area contributed by atoms with E-state index >= 15 is 0 Å². The summed E-state index contributed by atoms with van der Waals surface area (Å²) >= 11 is 0. The summed E-state index contributed by atoms with van der Waals surface area (Å²) in [6.45, 7) is 2.08. The van der Waals surface area contributed by atoms with Crippen LogP contribution >= 0.6 is 0 Å². The Kier molecular flexibility index (Phi) is 2.83. The van der Waals surface area contributed by atoms with Crippen molar-refractivity contribution < 1.29 is 14.6 Å². The van der Waals surface area contributed by atoms with E-state index in [0.29, 0.717) is 6.42 Å². The summed E-state index contributed by atoms with van der Waals surface area (Å²) in [5.41, 5.74) is 2.12. The summed E-state index contributed by atoms with van der Waals surface area (Å²) in [4.78, 5) is 4.78. The van der Waals surface area contributed by atoms with E-state index in [1.165, 1.54) is 0 Å². The van der Waals surface area contributed by atoms with Crippen molar-refractivity contribution in [1.29, 1.82) is 0 Å². The molecule has 4 aliphatic rings. The first-order valence-corrected chi connectivity index (χ1v) is 7.58. The number of allylic oxidation sites excluding steroid dienone is 2. The third-order valence-corrected chi connectivity index (χ3v) is 5.28. The molecule has 0 aromatic rings. The molecule has 21 heavy (non-hydrogen) atoms. The number of nitrogens with zero attached hydrogens (tertiary/aromatic N) is 1. The molecule has 1 fully saturated rings. The molecule has 5 atom stereocenters. The van der Waals surface area contributed by atoms with Crippen LogP contribution in [0.1, 0.15) is 26.2 Å². The lowest BCUT2D eigenvalue weighted by molar-refractivity contribution is -0.0140. The third kappa shape index (κ3) is 1.76. The molecule has 2 unspecified atom stereocenters. The molecule has 1 N–H and O–H groups in total. The Hall–Kier alpha value is -1.48. The quantitative estimate of drug-likeness (QED) is 0.593. The fraction of sp³-hybridized carbons (Fsp3) is 0.588. The molecule has 4 heteroatoms. The van der Waals surface area contributed by atoms with Gasteiger partial charge in [0.25, 0.3) is 5.76 Å². The third-order valence-electron chi connectivity index (χ3n) is 5.28. The lowest BCUT2D eigenvalue weighted by atomic mass is 9.63. The molecule has 4 rings (SSSR count). The second kappa shape index (κ2) is 4.51. The molecule has 0 aromatic carbocycles. The van der Waals surface area contributed by atoms with Gasteiger partial charge in [-0.2, -0.15) is 4.99 Å². The van der Waals surface area contributed by atoms with Crippen LogP contribution in [0.3, 0.4) is 0 Å². The monoisotopic (exact) mass is 286 g/mol. The van der Waals surface area contributed by atoms with Crippen LogP contribution in [0, 0.1) is 17.4 Å². The highest BCUT2D eigenvalue weighted by molar-refractivity contribution is 5.83. The summed E-state index contributed by atoms with van der Waals surface area (Å²) in [5, 5.41) is 9.97. The molecule has 0 radical (unpaired) electrons. The van der Waals surface area contributed by atoms with Crippen LogP contribution in [-0.2, 0) is 9.47 Å². The van der Waals surface area contributed by atoms with Gasteiger partial charge in [0, 0.05) is 17.5 Å². The van der Waals surface area contributed by atoms with Gasteiger partial charge in [0.05, 0.1) is 19.3 Å². The Bertz CT molecular complexity index is 589. The molecule has 2 aliphatic carbocycles. The van der Waals surface area contributed by atoms with Crippen LogP contribution in [0.15, 0.2) is 34.7 Å². The van der Waals surface area contributed by atoms with Gasteiger partial charge in [-0.1, -0.05) is 12.2 Å². The van der Waals surface area contributed by atoms with Crippen molar-refractivity contribution in [2.24, 2.45) is 16.3 Å². The lowest BCUT2D eigenvalue weighted by Crippen LogP contribution is -2.40. The van der Waals surface area contributed by atoms with Crippen molar-refractivity contribution in [2.45, 2.75) is 44.5 Å². The van der Waals surface area contributed by atoms with Gasteiger partial charge in [0.15, 0.2) is 17.9 Å². The zero-order valence-corrected chi connectivity index (χ0v) is 12.4. The molecule has 1 saturated heterocycles. The summed E-state index contributed by atoms with van der Waals surface area (Å²) in [7, 11) is 1.66. The second-order valence-corrected chi connectivity index (χ2v) is 6.43. The number of hydrogen-bond acceptors (Lipinski definition) is 4. The molecule has 0 amide bonds. The number of aliphatic imine (C=N–C) groups is 1. The number of rotatable bonds is 1. The van der Waals surface area contributed by atoms with E-state index in [2.05, 4.69) is 19.1 Å². The minimum absolute atomic E-state index is 0.0158. The second-order valence-electron chi connectivity index (χ2n) is 6.43. The van der Waals surface area contributed by atoms with Gasteiger partial charge in [-0.3, -0.25) is 0 Å². The highest BCUT2D eigenvalue weighted by atomic mass is 16.5. The Labute approximate surface area is 124 Å². The minimum Gasteiger partial charge on any atom is -0.474 e. The molecule has 0 aromatic heterocycles. The van der Waals surface area contributed by atoms with Crippen molar-refractivity contribution in [3.63, 3.8) is 0 Å². The fourth-order valence-electron chi connectivity index (χ4n) is 4.25. The number of aliphatic hydroxyl groups is 1. The predicted octanol–water partition coefficient (Wildman–Crippen LogP) is 2.16. The molecule has 2 heterocycles. The maximum atomic E-state index is 9.97. The van der Waals surface area contributed by atoms with Gasteiger partial charge < -0.3 is 14.6 Å². The van der Waals surface area contributed by atoms with E-state index in [1.54, 1.807) is 7.11 Å². The van der Waals surface area contributed by atoms with E-state index < -0.39 is 6.10 Å². The molecule has 4 nitrogen and oxygen atoms in total. The number of ether oxygens (including phenoxy) is 2. The largest absolute Gasteiger partial charge is 0.474 e. The summed E-state index contributed by atoms with van der Waals surface area (Å²) in [6.07, 6.45) is 11.3. The van der Waals surface area contributed by atoms with Crippen LogP contribution in [0.2, 0.25) is 0 Å². The van der Waals surface area contributed by atoms with E-state index in [9.17, 15) is 5.11 Å². The topological polar surface area (TPSA) is 51.0 Å². The van der Waals surface area contributed by atoms with E-state index in [-0.39, 0.29) is 23.5 Å². The maximum absolute atomic E-state index is 9.97. The summed E-state index contributed by atoms with van der Waals surface area (Å²) in [6, 6.07) is 0. The smallest absolute Gasteiger partial charge is 0.274 e. The normalized spacial score (nSPS) is 43.7.